The van der Waals surface area contributed by atoms with Gasteiger partial charge >= 0.3 is 0 Å². The standard InChI is InChI=1S/C14H17ClN2O2S2/c1-3-10-4-5-11(20-10)8-17-21(18,19)12-6-13(15)9(2)14(16)7-12/h4-7,17H,3,8,16H2,1-2H3. The lowest BCUT2D eigenvalue weighted by Crippen LogP contribution is -2.23. The molecule has 0 fully saturated rings. The van der Waals surface area contributed by atoms with E-state index in [1.807, 2.05) is 12.1 Å². The highest BCUT2D eigenvalue weighted by atomic mass is 35.5. The summed E-state index contributed by atoms with van der Waals surface area (Å²) in [6.07, 6.45) is 0.946. The fraction of sp³-hybridized carbons (Fsp3) is 0.286. The summed E-state index contributed by atoms with van der Waals surface area (Å²) in [6, 6.07) is 6.79. The predicted molar refractivity (Wildman–Crippen MR) is 88.3 cm³/mol. The number of aryl methyl sites for hydroxylation is 1. The summed E-state index contributed by atoms with van der Waals surface area (Å²) >= 11 is 7.59. The van der Waals surface area contributed by atoms with Crippen molar-refractivity contribution in [1.82, 2.24) is 4.72 Å². The summed E-state index contributed by atoms with van der Waals surface area (Å²) in [4.78, 5) is 2.29. The number of sulfonamides is 1. The summed E-state index contributed by atoms with van der Waals surface area (Å²) in [5.74, 6) is 0. The molecule has 2 rings (SSSR count). The molecule has 0 saturated carbocycles. The Labute approximate surface area is 134 Å². The van der Waals surface area contributed by atoms with Gasteiger partial charge in [-0.05, 0) is 43.2 Å². The van der Waals surface area contributed by atoms with Crippen molar-refractivity contribution in [2.75, 3.05) is 5.73 Å². The fourth-order valence-electron chi connectivity index (χ4n) is 1.79. The zero-order valence-corrected chi connectivity index (χ0v) is 14.2. The van der Waals surface area contributed by atoms with E-state index in [1.165, 1.54) is 17.0 Å². The third kappa shape index (κ3) is 3.77. The molecule has 0 bridgehead atoms. The number of halogens is 1. The van der Waals surface area contributed by atoms with E-state index in [4.69, 9.17) is 17.3 Å². The first-order chi connectivity index (χ1) is 9.83. The second-order valence-electron chi connectivity index (χ2n) is 4.67. The quantitative estimate of drug-likeness (QED) is 0.817. The number of benzene rings is 1. The number of nitrogen functional groups attached to an aromatic ring is 1. The summed E-state index contributed by atoms with van der Waals surface area (Å²) in [7, 11) is -3.63. The van der Waals surface area contributed by atoms with Gasteiger partial charge in [0.1, 0.15) is 0 Å². The van der Waals surface area contributed by atoms with Crippen LogP contribution in [0.15, 0.2) is 29.2 Å². The molecule has 0 amide bonds. The van der Waals surface area contributed by atoms with E-state index in [9.17, 15) is 8.42 Å². The Balaban J connectivity index is 2.18. The number of nitrogens with two attached hydrogens (primary N) is 1. The second-order valence-corrected chi connectivity index (χ2v) is 8.09. The number of hydrogen-bond acceptors (Lipinski definition) is 4. The SMILES string of the molecule is CCc1ccc(CNS(=O)(=O)c2cc(N)c(C)c(Cl)c2)s1. The van der Waals surface area contributed by atoms with Crippen molar-refractivity contribution in [3.05, 3.63) is 44.6 Å². The number of rotatable bonds is 5. The molecule has 0 radical (unpaired) electrons. The van der Waals surface area contributed by atoms with Gasteiger partial charge in [0.2, 0.25) is 10.0 Å². The smallest absolute Gasteiger partial charge is 0.241 e. The molecule has 0 unspecified atom stereocenters. The maximum absolute atomic E-state index is 12.3. The third-order valence-electron chi connectivity index (χ3n) is 3.17. The van der Waals surface area contributed by atoms with Gasteiger partial charge in [-0.25, -0.2) is 13.1 Å². The molecule has 2 aromatic rings. The van der Waals surface area contributed by atoms with Crippen molar-refractivity contribution in [1.29, 1.82) is 0 Å². The molecule has 3 N–H and O–H groups in total. The topological polar surface area (TPSA) is 72.2 Å². The van der Waals surface area contributed by atoms with Gasteiger partial charge in [-0.1, -0.05) is 18.5 Å². The van der Waals surface area contributed by atoms with Crippen molar-refractivity contribution in [3.8, 4) is 0 Å². The van der Waals surface area contributed by atoms with Gasteiger partial charge in [0.05, 0.1) is 4.90 Å². The Hall–Kier alpha value is -1.08. The van der Waals surface area contributed by atoms with Gasteiger partial charge < -0.3 is 5.73 Å². The van der Waals surface area contributed by atoms with E-state index in [-0.39, 0.29) is 11.4 Å². The lowest BCUT2D eigenvalue weighted by molar-refractivity contribution is 0.582. The first kappa shape index (κ1) is 16.3. The van der Waals surface area contributed by atoms with Gasteiger partial charge in [0.25, 0.3) is 0 Å². The van der Waals surface area contributed by atoms with Crippen molar-refractivity contribution in [2.45, 2.75) is 31.7 Å². The van der Waals surface area contributed by atoms with E-state index in [1.54, 1.807) is 18.3 Å². The first-order valence-electron chi connectivity index (χ1n) is 6.46. The largest absolute Gasteiger partial charge is 0.398 e. The highest BCUT2D eigenvalue weighted by Crippen LogP contribution is 2.26. The van der Waals surface area contributed by atoms with Crippen molar-refractivity contribution in [3.63, 3.8) is 0 Å². The Bertz CT molecular complexity index is 731. The van der Waals surface area contributed by atoms with Gasteiger partial charge in [0, 0.05) is 27.0 Å². The van der Waals surface area contributed by atoms with Crippen molar-refractivity contribution >= 4 is 38.6 Å². The maximum Gasteiger partial charge on any atom is 0.241 e. The molecule has 21 heavy (non-hydrogen) atoms. The normalized spacial score (nSPS) is 11.8. The summed E-state index contributed by atoms with van der Waals surface area (Å²) in [5, 5.41) is 0.347. The number of nitrogens with one attached hydrogen (secondary N) is 1. The zero-order chi connectivity index (χ0) is 15.6. The number of hydrogen-bond donors (Lipinski definition) is 2. The molecule has 0 spiro atoms. The fourth-order valence-corrected chi connectivity index (χ4v) is 4.13. The molecular weight excluding hydrogens is 328 g/mol. The van der Waals surface area contributed by atoms with Crippen LogP contribution in [-0.2, 0) is 23.0 Å². The molecule has 0 aliphatic rings. The first-order valence-corrected chi connectivity index (χ1v) is 9.14. The number of anilines is 1. The van der Waals surface area contributed by atoms with E-state index < -0.39 is 10.0 Å². The Morgan fingerprint density at radius 1 is 1.29 bits per heavy atom. The number of thiophene rings is 1. The van der Waals surface area contributed by atoms with Gasteiger partial charge in [-0.2, -0.15) is 0 Å². The minimum Gasteiger partial charge on any atom is -0.398 e. The summed E-state index contributed by atoms with van der Waals surface area (Å²) in [5.41, 5.74) is 6.82. The molecule has 1 aromatic heterocycles. The van der Waals surface area contributed by atoms with Crippen LogP contribution in [0.4, 0.5) is 5.69 Å². The minimum atomic E-state index is -3.63. The second kappa shape index (κ2) is 6.36. The Morgan fingerprint density at radius 2 is 1.95 bits per heavy atom. The molecule has 0 saturated heterocycles. The van der Waals surface area contributed by atoms with Crippen LogP contribution in [-0.4, -0.2) is 8.42 Å². The van der Waals surface area contributed by atoms with Gasteiger partial charge in [0.15, 0.2) is 0 Å². The third-order valence-corrected chi connectivity index (χ3v) is 6.17. The zero-order valence-electron chi connectivity index (χ0n) is 11.8. The van der Waals surface area contributed by atoms with E-state index in [0.29, 0.717) is 16.3 Å². The summed E-state index contributed by atoms with van der Waals surface area (Å²) < 4.78 is 27.1. The molecular formula is C14H17ClN2O2S2. The van der Waals surface area contributed by atoms with Crippen molar-refractivity contribution in [2.24, 2.45) is 0 Å². The molecule has 4 nitrogen and oxygen atoms in total. The van der Waals surface area contributed by atoms with Crippen LogP contribution in [0.2, 0.25) is 5.02 Å². The van der Waals surface area contributed by atoms with Crippen LogP contribution in [0.25, 0.3) is 0 Å². The monoisotopic (exact) mass is 344 g/mol. The van der Waals surface area contributed by atoms with Crippen LogP contribution in [0.3, 0.4) is 0 Å². The molecule has 114 valence electrons. The average molecular weight is 345 g/mol. The van der Waals surface area contributed by atoms with Gasteiger partial charge in [-0.3, -0.25) is 0 Å². The molecule has 0 aliphatic carbocycles. The van der Waals surface area contributed by atoms with Crippen LogP contribution in [0, 0.1) is 6.92 Å². The molecule has 1 heterocycles. The van der Waals surface area contributed by atoms with E-state index in [0.717, 1.165) is 11.3 Å². The molecule has 0 atom stereocenters. The predicted octanol–water partition coefficient (Wildman–Crippen LogP) is 3.33. The average Bonchev–Trinajstić information content (AvgIpc) is 2.90. The molecule has 0 aliphatic heterocycles. The van der Waals surface area contributed by atoms with E-state index >= 15 is 0 Å². The summed E-state index contributed by atoms with van der Waals surface area (Å²) in [6.45, 7) is 4.08. The van der Waals surface area contributed by atoms with Crippen LogP contribution < -0.4 is 10.5 Å². The van der Waals surface area contributed by atoms with E-state index in [2.05, 4.69) is 11.6 Å². The highest BCUT2D eigenvalue weighted by molar-refractivity contribution is 7.89. The van der Waals surface area contributed by atoms with Crippen LogP contribution in [0.5, 0.6) is 0 Å². The van der Waals surface area contributed by atoms with Crippen molar-refractivity contribution < 1.29 is 8.42 Å². The maximum atomic E-state index is 12.3. The van der Waals surface area contributed by atoms with Gasteiger partial charge in [-0.15, -0.1) is 11.3 Å². The lowest BCUT2D eigenvalue weighted by atomic mass is 10.2. The van der Waals surface area contributed by atoms with Crippen LogP contribution in [0.1, 0.15) is 22.2 Å². The van der Waals surface area contributed by atoms with Crippen LogP contribution >= 0.6 is 22.9 Å². The molecule has 7 heteroatoms. The Morgan fingerprint density at radius 3 is 2.52 bits per heavy atom. The molecule has 1 aromatic carbocycles. The Kier molecular flexibility index (Phi) is 4.93. The highest BCUT2D eigenvalue weighted by Gasteiger charge is 2.17. The minimum absolute atomic E-state index is 0.0860. The lowest BCUT2D eigenvalue weighted by Gasteiger charge is -2.09.